The topological polar surface area (TPSA) is 66.4 Å². The average molecular weight is 223 g/mol. The molecule has 0 spiro atoms. The van der Waals surface area contributed by atoms with Crippen LogP contribution in [0.1, 0.15) is 33.6 Å². The van der Waals surface area contributed by atoms with E-state index in [-0.39, 0.29) is 6.54 Å². The van der Waals surface area contributed by atoms with Crippen molar-refractivity contribution >= 4 is 10.0 Å². The molecule has 0 fully saturated rings. The lowest BCUT2D eigenvalue weighted by Crippen LogP contribution is -2.40. The van der Waals surface area contributed by atoms with Crippen molar-refractivity contribution < 1.29 is 13.5 Å². The summed E-state index contributed by atoms with van der Waals surface area (Å²) in [6, 6.07) is 0. The van der Waals surface area contributed by atoms with Crippen LogP contribution in [0.4, 0.5) is 0 Å². The fraction of sp³-hybridized carbons (Fsp3) is 1.00. The van der Waals surface area contributed by atoms with E-state index in [4.69, 9.17) is 0 Å². The van der Waals surface area contributed by atoms with E-state index in [0.717, 1.165) is 12.7 Å². The van der Waals surface area contributed by atoms with Gasteiger partial charge in [-0.25, -0.2) is 13.1 Å². The third-order valence-corrected chi connectivity index (χ3v) is 2.64. The first-order valence-corrected chi connectivity index (χ1v) is 6.68. The fourth-order valence-electron chi connectivity index (χ4n) is 0.975. The van der Waals surface area contributed by atoms with Crippen molar-refractivity contribution in [1.29, 1.82) is 0 Å². The molecule has 1 atom stereocenters. The van der Waals surface area contributed by atoms with Gasteiger partial charge in [0.05, 0.1) is 11.9 Å². The van der Waals surface area contributed by atoms with Gasteiger partial charge in [-0.2, -0.15) is 0 Å². The summed E-state index contributed by atoms with van der Waals surface area (Å²) in [5, 5.41) is 9.80. The van der Waals surface area contributed by atoms with E-state index in [2.05, 4.69) is 18.6 Å². The van der Waals surface area contributed by atoms with Gasteiger partial charge in [0, 0.05) is 6.54 Å². The molecular formula is C9H21NO3S. The Labute approximate surface area is 86.8 Å². The van der Waals surface area contributed by atoms with Gasteiger partial charge in [0.2, 0.25) is 10.0 Å². The maximum atomic E-state index is 10.8. The highest BCUT2D eigenvalue weighted by atomic mass is 32.2. The second kappa shape index (κ2) is 5.09. The molecule has 0 aromatic carbocycles. The molecule has 1 unspecified atom stereocenters. The molecular weight excluding hydrogens is 202 g/mol. The normalized spacial score (nSPS) is 17.0. The molecule has 5 heteroatoms. The second-order valence-electron chi connectivity index (χ2n) is 4.52. The fourth-order valence-corrected chi connectivity index (χ4v) is 1.55. The van der Waals surface area contributed by atoms with Gasteiger partial charge < -0.3 is 5.11 Å². The van der Waals surface area contributed by atoms with Gasteiger partial charge in [0.1, 0.15) is 0 Å². The highest BCUT2D eigenvalue weighted by Crippen LogP contribution is 2.15. The Bertz CT molecular complexity index is 257. The maximum Gasteiger partial charge on any atom is 0.208 e. The number of nitrogens with one attached hydrogen (secondary N) is 1. The highest BCUT2D eigenvalue weighted by molar-refractivity contribution is 7.88. The van der Waals surface area contributed by atoms with Crippen LogP contribution in [0.3, 0.4) is 0 Å². The molecule has 0 saturated carbocycles. The Morgan fingerprint density at radius 2 is 1.93 bits per heavy atom. The lowest BCUT2D eigenvalue weighted by molar-refractivity contribution is 0.0506. The van der Waals surface area contributed by atoms with Gasteiger partial charge in [-0.3, -0.25) is 0 Å². The smallest absolute Gasteiger partial charge is 0.208 e. The molecule has 4 nitrogen and oxygen atoms in total. The second-order valence-corrected chi connectivity index (χ2v) is 6.36. The Balaban J connectivity index is 3.95. The van der Waals surface area contributed by atoms with Crippen LogP contribution in [0, 0.1) is 5.92 Å². The summed E-state index contributed by atoms with van der Waals surface area (Å²) in [5.41, 5.74) is -0.951. The van der Waals surface area contributed by atoms with Crippen molar-refractivity contribution in [3.63, 3.8) is 0 Å². The molecule has 0 aromatic heterocycles. The van der Waals surface area contributed by atoms with Crippen LogP contribution in [0.15, 0.2) is 0 Å². The highest BCUT2D eigenvalue weighted by Gasteiger charge is 2.21. The van der Waals surface area contributed by atoms with Crippen molar-refractivity contribution in [2.45, 2.75) is 39.2 Å². The van der Waals surface area contributed by atoms with Crippen molar-refractivity contribution in [2.75, 3.05) is 12.8 Å². The third-order valence-electron chi connectivity index (χ3n) is 1.98. The van der Waals surface area contributed by atoms with Gasteiger partial charge in [-0.1, -0.05) is 13.8 Å². The van der Waals surface area contributed by atoms with Crippen molar-refractivity contribution in [3.05, 3.63) is 0 Å². The molecule has 0 aliphatic rings. The molecule has 0 radical (unpaired) electrons. The summed E-state index contributed by atoms with van der Waals surface area (Å²) < 4.78 is 23.9. The van der Waals surface area contributed by atoms with Gasteiger partial charge in [0.25, 0.3) is 0 Å². The summed E-state index contributed by atoms with van der Waals surface area (Å²) >= 11 is 0. The van der Waals surface area contributed by atoms with Crippen LogP contribution in [0.5, 0.6) is 0 Å². The number of sulfonamides is 1. The minimum absolute atomic E-state index is 0.0819. The zero-order valence-corrected chi connectivity index (χ0v) is 10.2. The lowest BCUT2D eigenvalue weighted by atomic mass is 9.96. The molecule has 14 heavy (non-hydrogen) atoms. The van der Waals surface area contributed by atoms with Gasteiger partial charge >= 0.3 is 0 Å². The predicted molar refractivity (Wildman–Crippen MR) is 57.5 cm³/mol. The van der Waals surface area contributed by atoms with E-state index in [1.807, 2.05) is 0 Å². The van der Waals surface area contributed by atoms with Crippen LogP contribution in [0.2, 0.25) is 0 Å². The lowest BCUT2D eigenvalue weighted by Gasteiger charge is -2.23. The number of hydrogen-bond donors (Lipinski definition) is 2. The number of hydrogen-bond acceptors (Lipinski definition) is 3. The van der Waals surface area contributed by atoms with Gasteiger partial charge in [0.15, 0.2) is 0 Å². The average Bonchev–Trinajstić information content (AvgIpc) is 1.97. The van der Waals surface area contributed by atoms with E-state index < -0.39 is 15.6 Å². The predicted octanol–water partition coefficient (Wildman–Crippen LogP) is 0.723. The Kier molecular flexibility index (Phi) is 5.05. The minimum atomic E-state index is -3.21. The molecule has 86 valence electrons. The molecule has 0 heterocycles. The first kappa shape index (κ1) is 13.9. The molecule has 0 rings (SSSR count). The van der Waals surface area contributed by atoms with Crippen LogP contribution in [-0.4, -0.2) is 31.9 Å². The summed E-state index contributed by atoms with van der Waals surface area (Å²) in [7, 11) is -3.21. The Hall–Kier alpha value is -0.130. The standard InChI is InChI=1S/C9H21NO3S/c1-8(2)5-6-9(3,11)7-10-14(4,12)13/h8,10-11H,5-7H2,1-4H3. The summed E-state index contributed by atoms with van der Waals surface area (Å²) in [5.74, 6) is 0.514. The molecule has 2 N–H and O–H groups in total. The van der Waals surface area contributed by atoms with Crippen molar-refractivity contribution in [3.8, 4) is 0 Å². The summed E-state index contributed by atoms with van der Waals surface area (Å²) in [4.78, 5) is 0. The Morgan fingerprint density at radius 3 is 2.29 bits per heavy atom. The van der Waals surface area contributed by atoms with Crippen molar-refractivity contribution in [1.82, 2.24) is 4.72 Å². The minimum Gasteiger partial charge on any atom is -0.389 e. The van der Waals surface area contributed by atoms with E-state index in [9.17, 15) is 13.5 Å². The van der Waals surface area contributed by atoms with E-state index in [0.29, 0.717) is 12.3 Å². The Morgan fingerprint density at radius 1 is 1.43 bits per heavy atom. The van der Waals surface area contributed by atoms with E-state index in [1.165, 1.54) is 0 Å². The quantitative estimate of drug-likeness (QED) is 0.697. The van der Waals surface area contributed by atoms with Crippen LogP contribution in [0.25, 0.3) is 0 Å². The molecule has 0 saturated heterocycles. The molecule has 0 bridgehead atoms. The summed E-state index contributed by atoms with van der Waals surface area (Å²) in [6.07, 6.45) is 2.58. The van der Waals surface area contributed by atoms with E-state index >= 15 is 0 Å². The van der Waals surface area contributed by atoms with Gasteiger partial charge in [-0.15, -0.1) is 0 Å². The molecule has 0 aliphatic carbocycles. The van der Waals surface area contributed by atoms with Gasteiger partial charge in [-0.05, 0) is 25.7 Å². The molecule has 0 aliphatic heterocycles. The van der Waals surface area contributed by atoms with Crippen molar-refractivity contribution in [2.24, 2.45) is 5.92 Å². The molecule has 0 amide bonds. The maximum absolute atomic E-state index is 10.8. The molecule has 0 aromatic rings. The zero-order chi connectivity index (χ0) is 11.4. The van der Waals surface area contributed by atoms with Crippen LogP contribution < -0.4 is 4.72 Å². The summed E-state index contributed by atoms with van der Waals surface area (Å²) in [6.45, 7) is 5.87. The van der Waals surface area contributed by atoms with E-state index in [1.54, 1.807) is 6.92 Å². The monoisotopic (exact) mass is 223 g/mol. The zero-order valence-electron chi connectivity index (χ0n) is 9.37. The van der Waals surface area contributed by atoms with Crippen LogP contribution in [-0.2, 0) is 10.0 Å². The third kappa shape index (κ3) is 8.47. The largest absolute Gasteiger partial charge is 0.389 e. The first-order chi connectivity index (χ1) is 6.12. The number of rotatable bonds is 6. The SMILES string of the molecule is CC(C)CCC(C)(O)CNS(C)(=O)=O. The number of aliphatic hydroxyl groups is 1. The first-order valence-electron chi connectivity index (χ1n) is 4.79. The van der Waals surface area contributed by atoms with Crippen LogP contribution >= 0.6 is 0 Å².